The second-order valence-corrected chi connectivity index (χ2v) is 3.97. The van der Waals surface area contributed by atoms with Gasteiger partial charge in [-0.2, -0.15) is 0 Å². The Morgan fingerprint density at radius 1 is 1.37 bits per heavy atom. The van der Waals surface area contributed by atoms with Crippen molar-refractivity contribution in [1.29, 1.82) is 0 Å². The van der Waals surface area contributed by atoms with Crippen molar-refractivity contribution in [3.8, 4) is 5.75 Å². The Kier molecular flexibility index (Phi) is 5.66. The summed E-state index contributed by atoms with van der Waals surface area (Å²) in [7, 11) is 3.06. The minimum atomic E-state index is -0.951. The third-order valence-electron chi connectivity index (χ3n) is 2.47. The highest BCUT2D eigenvalue weighted by atomic mass is 16.6. The van der Waals surface area contributed by atoms with Crippen LogP contribution in [-0.4, -0.2) is 42.8 Å². The van der Waals surface area contributed by atoms with Crippen LogP contribution in [0.5, 0.6) is 5.75 Å². The smallest absolute Gasteiger partial charge is 0.409 e. The lowest BCUT2D eigenvalue weighted by atomic mass is 10.2. The fourth-order valence-electron chi connectivity index (χ4n) is 1.37. The molecule has 1 amide bonds. The van der Waals surface area contributed by atoms with Gasteiger partial charge in [0.05, 0.1) is 13.5 Å². The number of ether oxygens (including phenoxy) is 2. The number of hydrogen-bond donors (Lipinski definition) is 1. The van der Waals surface area contributed by atoms with Crippen molar-refractivity contribution >= 4 is 12.1 Å². The van der Waals surface area contributed by atoms with E-state index in [-0.39, 0.29) is 19.6 Å². The Morgan fingerprint density at radius 3 is 2.74 bits per heavy atom. The first-order chi connectivity index (χ1) is 9.02. The fraction of sp³-hybridized carbons (Fsp3) is 0.385. The monoisotopic (exact) mass is 267 g/mol. The van der Waals surface area contributed by atoms with Gasteiger partial charge in [0.1, 0.15) is 12.4 Å². The predicted molar refractivity (Wildman–Crippen MR) is 68.1 cm³/mol. The second-order valence-electron chi connectivity index (χ2n) is 3.97. The molecule has 0 unspecified atom stereocenters. The zero-order valence-corrected chi connectivity index (χ0v) is 11.0. The third kappa shape index (κ3) is 5.29. The number of methoxy groups -OCH3 is 1. The molecule has 0 aliphatic carbocycles. The van der Waals surface area contributed by atoms with E-state index in [1.807, 2.05) is 6.07 Å². The van der Waals surface area contributed by atoms with Crippen LogP contribution >= 0.6 is 0 Å². The molecule has 6 heteroatoms. The summed E-state index contributed by atoms with van der Waals surface area (Å²) >= 11 is 0. The lowest BCUT2D eigenvalue weighted by Crippen LogP contribution is -2.29. The molecule has 1 aromatic carbocycles. The van der Waals surface area contributed by atoms with Gasteiger partial charge in [-0.3, -0.25) is 4.79 Å². The van der Waals surface area contributed by atoms with Crippen LogP contribution in [-0.2, 0) is 16.1 Å². The van der Waals surface area contributed by atoms with E-state index in [0.29, 0.717) is 5.75 Å². The van der Waals surface area contributed by atoms with Crippen LogP contribution in [0.15, 0.2) is 24.3 Å². The van der Waals surface area contributed by atoms with Crippen molar-refractivity contribution in [3.05, 3.63) is 29.8 Å². The normalized spacial score (nSPS) is 9.79. The maximum absolute atomic E-state index is 11.6. The van der Waals surface area contributed by atoms with E-state index >= 15 is 0 Å². The van der Waals surface area contributed by atoms with Crippen molar-refractivity contribution in [2.45, 2.75) is 13.0 Å². The van der Waals surface area contributed by atoms with Crippen molar-refractivity contribution in [2.24, 2.45) is 0 Å². The Morgan fingerprint density at radius 2 is 2.11 bits per heavy atom. The molecule has 0 fully saturated rings. The van der Waals surface area contributed by atoms with Crippen molar-refractivity contribution in [3.63, 3.8) is 0 Å². The first kappa shape index (κ1) is 14.8. The number of carbonyl (C=O) groups excluding carboxylic acids is 1. The lowest BCUT2D eigenvalue weighted by Gasteiger charge is -2.16. The summed E-state index contributed by atoms with van der Waals surface area (Å²) in [5.74, 6) is -0.264. The van der Waals surface area contributed by atoms with Gasteiger partial charge in [0.25, 0.3) is 0 Å². The highest BCUT2D eigenvalue weighted by Crippen LogP contribution is 2.13. The van der Waals surface area contributed by atoms with E-state index < -0.39 is 12.1 Å². The first-order valence-electron chi connectivity index (χ1n) is 5.75. The fourth-order valence-corrected chi connectivity index (χ4v) is 1.37. The molecule has 0 saturated carbocycles. The SMILES string of the molecule is COc1cccc(COC(=O)N(C)CCC(=O)O)c1. The van der Waals surface area contributed by atoms with Crippen LogP contribution in [0.3, 0.4) is 0 Å². The quantitative estimate of drug-likeness (QED) is 0.849. The molecular weight excluding hydrogens is 250 g/mol. The van der Waals surface area contributed by atoms with Gasteiger partial charge in [0, 0.05) is 13.6 Å². The van der Waals surface area contributed by atoms with Gasteiger partial charge in [-0.15, -0.1) is 0 Å². The molecule has 0 aliphatic heterocycles. The van der Waals surface area contributed by atoms with E-state index in [9.17, 15) is 9.59 Å². The molecule has 19 heavy (non-hydrogen) atoms. The molecule has 0 aliphatic rings. The van der Waals surface area contributed by atoms with Gasteiger partial charge >= 0.3 is 12.1 Å². The Bertz CT molecular complexity index is 446. The molecule has 0 radical (unpaired) electrons. The molecular formula is C13H17NO5. The average molecular weight is 267 g/mol. The summed E-state index contributed by atoms with van der Waals surface area (Å²) in [5.41, 5.74) is 0.805. The largest absolute Gasteiger partial charge is 0.497 e. The van der Waals surface area contributed by atoms with Gasteiger partial charge in [0.2, 0.25) is 0 Å². The zero-order chi connectivity index (χ0) is 14.3. The summed E-state index contributed by atoms with van der Waals surface area (Å²) in [6.45, 7) is 0.236. The topological polar surface area (TPSA) is 76.1 Å². The molecule has 0 atom stereocenters. The zero-order valence-electron chi connectivity index (χ0n) is 11.0. The van der Waals surface area contributed by atoms with E-state index in [0.717, 1.165) is 5.56 Å². The number of rotatable bonds is 6. The Balaban J connectivity index is 2.42. The molecule has 1 rings (SSSR count). The Hall–Kier alpha value is -2.24. The molecule has 104 valence electrons. The third-order valence-corrected chi connectivity index (χ3v) is 2.47. The van der Waals surface area contributed by atoms with Crippen LogP contribution in [0.2, 0.25) is 0 Å². The summed E-state index contributed by atoms with van der Waals surface area (Å²) < 4.78 is 10.1. The summed E-state index contributed by atoms with van der Waals surface area (Å²) in [4.78, 5) is 23.2. The van der Waals surface area contributed by atoms with Crippen LogP contribution in [0, 0.1) is 0 Å². The number of carbonyl (C=O) groups is 2. The second kappa shape index (κ2) is 7.25. The van der Waals surface area contributed by atoms with Crippen LogP contribution in [0.1, 0.15) is 12.0 Å². The lowest BCUT2D eigenvalue weighted by molar-refractivity contribution is -0.137. The summed E-state index contributed by atoms with van der Waals surface area (Å²) in [6, 6.07) is 7.18. The number of aliphatic carboxylic acids is 1. The molecule has 1 aromatic rings. The van der Waals surface area contributed by atoms with E-state index in [1.54, 1.807) is 25.3 Å². The van der Waals surface area contributed by atoms with Gasteiger partial charge in [-0.05, 0) is 17.7 Å². The summed E-state index contributed by atoms with van der Waals surface area (Å²) in [5, 5.41) is 8.52. The number of carboxylic acid groups (broad SMARTS) is 1. The number of nitrogens with zero attached hydrogens (tertiary/aromatic N) is 1. The molecule has 0 bridgehead atoms. The van der Waals surface area contributed by atoms with Crippen molar-refractivity contribution < 1.29 is 24.2 Å². The maximum atomic E-state index is 11.6. The molecule has 0 heterocycles. The predicted octanol–water partition coefficient (Wildman–Crippen LogP) is 1.74. The number of amides is 1. The minimum absolute atomic E-state index is 0.106. The summed E-state index contributed by atoms with van der Waals surface area (Å²) in [6.07, 6.45) is -0.658. The number of benzene rings is 1. The molecule has 0 aromatic heterocycles. The average Bonchev–Trinajstić information content (AvgIpc) is 2.42. The van der Waals surface area contributed by atoms with E-state index in [4.69, 9.17) is 14.6 Å². The van der Waals surface area contributed by atoms with Gasteiger partial charge in [-0.25, -0.2) is 4.79 Å². The van der Waals surface area contributed by atoms with Crippen LogP contribution in [0.25, 0.3) is 0 Å². The highest BCUT2D eigenvalue weighted by Gasteiger charge is 2.11. The van der Waals surface area contributed by atoms with E-state index in [1.165, 1.54) is 11.9 Å². The van der Waals surface area contributed by atoms with Gasteiger partial charge in [-0.1, -0.05) is 12.1 Å². The van der Waals surface area contributed by atoms with E-state index in [2.05, 4.69) is 0 Å². The molecule has 6 nitrogen and oxygen atoms in total. The van der Waals surface area contributed by atoms with Crippen LogP contribution in [0.4, 0.5) is 4.79 Å². The minimum Gasteiger partial charge on any atom is -0.497 e. The molecule has 0 spiro atoms. The Labute approximate surface area is 111 Å². The molecule has 1 N–H and O–H groups in total. The van der Waals surface area contributed by atoms with Gasteiger partial charge in [0.15, 0.2) is 0 Å². The maximum Gasteiger partial charge on any atom is 0.409 e. The van der Waals surface area contributed by atoms with Crippen molar-refractivity contribution in [1.82, 2.24) is 4.90 Å². The van der Waals surface area contributed by atoms with Crippen molar-refractivity contribution in [2.75, 3.05) is 20.7 Å². The first-order valence-corrected chi connectivity index (χ1v) is 5.75. The standard InChI is InChI=1S/C13H17NO5/c1-14(7-6-12(15)16)13(17)19-9-10-4-3-5-11(8-10)18-2/h3-5,8H,6-7,9H2,1-2H3,(H,15,16). The van der Waals surface area contributed by atoms with Crippen LogP contribution < -0.4 is 4.74 Å². The number of carboxylic acids is 1. The van der Waals surface area contributed by atoms with Gasteiger partial charge < -0.3 is 19.5 Å². The number of hydrogen-bond acceptors (Lipinski definition) is 4. The molecule has 0 saturated heterocycles. The highest BCUT2D eigenvalue weighted by molar-refractivity contribution is 5.70.